The van der Waals surface area contributed by atoms with Gasteiger partial charge in [-0.1, -0.05) is 72.3 Å². The number of aromatic nitrogens is 3. The van der Waals surface area contributed by atoms with Crippen molar-refractivity contribution in [3.8, 4) is 33.8 Å². The van der Waals surface area contributed by atoms with Gasteiger partial charge in [-0.3, -0.25) is 4.98 Å². The number of halogens is 1. The fourth-order valence-electron chi connectivity index (χ4n) is 2.70. The van der Waals surface area contributed by atoms with Crippen LogP contribution in [-0.4, -0.2) is 15.0 Å². The first-order chi connectivity index (χ1) is 12.3. The molecule has 2 heterocycles. The molecule has 2 aromatic heterocycles. The van der Waals surface area contributed by atoms with Gasteiger partial charge in [0.15, 0.2) is 5.15 Å². The average Bonchev–Trinajstić information content (AvgIpc) is 2.70. The number of hydrogen-bond donors (Lipinski definition) is 0. The van der Waals surface area contributed by atoms with Gasteiger partial charge in [-0.15, -0.1) is 0 Å². The molecule has 4 heteroatoms. The lowest BCUT2D eigenvalue weighted by Gasteiger charge is -2.12. The van der Waals surface area contributed by atoms with Gasteiger partial charge in [-0.2, -0.15) is 0 Å². The SMILES string of the molecule is Clc1nc(-c2ccccc2)c(-c2cccnc2)nc1-c1ccccc1. The van der Waals surface area contributed by atoms with Crippen molar-refractivity contribution in [3.05, 3.63) is 90.3 Å². The van der Waals surface area contributed by atoms with E-state index in [1.54, 1.807) is 12.4 Å². The minimum Gasteiger partial charge on any atom is -0.264 e. The molecule has 0 spiro atoms. The minimum absolute atomic E-state index is 0.387. The maximum absolute atomic E-state index is 6.48. The molecule has 120 valence electrons. The minimum atomic E-state index is 0.387. The Morgan fingerprint density at radius 2 is 1.12 bits per heavy atom. The van der Waals surface area contributed by atoms with E-state index in [9.17, 15) is 0 Å². The lowest BCUT2D eigenvalue weighted by atomic mass is 10.0. The third-order valence-electron chi connectivity index (χ3n) is 3.88. The van der Waals surface area contributed by atoms with E-state index in [2.05, 4.69) is 9.97 Å². The number of pyridine rings is 1. The van der Waals surface area contributed by atoms with Crippen LogP contribution < -0.4 is 0 Å². The summed E-state index contributed by atoms with van der Waals surface area (Å²) >= 11 is 6.48. The second-order valence-electron chi connectivity index (χ2n) is 5.53. The summed E-state index contributed by atoms with van der Waals surface area (Å²) in [6.45, 7) is 0. The van der Waals surface area contributed by atoms with E-state index in [-0.39, 0.29) is 0 Å². The summed E-state index contributed by atoms with van der Waals surface area (Å²) in [5.74, 6) is 0. The number of hydrogen-bond acceptors (Lipinski definition) is 3. The van der Waals surface area contributed by atoms with E-state index in [0.717, 1.165) is 28.1 Å². The first-order valence-electron chi connectivity index (χ1n) is 7.92. The third kappa shape index (κ3) is 3.14. The largest absolute Gasteiger partial charge is 0.264 e. The molecule has 0 radical (unpaired) electrons. The Hall–Kier alpha value is -3.04. The number of rotatable bonds is 3. The van der Waals surface area contributed by atoms with Crippen molar-refractivity contribution in [2.75, 3.05) is 0 Å². The molecule has 25 heavy (non-hydrogen) atoms. The zero-order valence-corrected chi connectivity index (χ0v) is 14.1. The molecule has 2 aromatic carbocycles. The predicted octanol–water partition coefficient (Wildman–Crippen LogP) is 5.53. The summed E-state index contributed by atoms with van der Waals surface area (Å²) < 4.78 is 0. The summed E-state index contributed by atoms with van der Waals surface area (Å²) in [5, 5.41) is 0.387. The number of benzene rings is 2. The summed E-state index contributed by atoms with van der Waals surface area (Å²) in [6.07, 6.45) is 3.53. The van der Waals surface area contributed by atoms with Crippen LogP contribution in [0.2, 0.25) is 5.15 Å². The zero-order valence-electron chi connectivity index (χ0n) is 13.3. The lowest BCUT2D eigenvalue weighted by molar-refractivity contribution is 1.20. The van der Waals surface area contributed by atoms with E-state index in [1.165, 1.54) is 0 Å². The van der Waals surface area contributed by atoms with Crippen molar-refractivity contribution in [2.24, 2.45) is 0 Å². The zero-order chi connectivity index (χ0) is 17.1. The van der Waals surface area contributed by atoms with Gasteiger partial charge < -0.3 is 0 Å². The van der Waals surface area contributed by atoms with Gasteiger partial charge in [-0.05, 0) is 12.1 Å². The highest BCUT2D eigenvalue weighted by atomic mass is 35.5. The molecule has 0 amide bonds. The predicted molar refractivity (Wildman–Crippen MR) is 101 cm³/mol. The van der Waals surface area contributed by atoms with Gasteiger partial charge in [0, 0.05) is 29.1 Å². The van der Waals surface area contributed by atoms with E-state index in [4.69, 9.17) is 16.6 Å². The van der Waals surface area contributed by atoms with Crippen LogP contribution in [0.5, 0.6) is 0 Å². The van der Waals surface area contributed by atoms with Crippen molar-refractivity contribution >= 4 is 11.6 Å². The standard InChI is InChI=1S/C21H14ClN3/c22-21-20(16-10-5-2-6-11-16)24-19(17-12-7-13-23-14-17)18(25-21)15-8-3-1-4-9-15/h1-14H. The van der Waals surface area contributed by atoms with Crippen molar-refractivity contribution in [1.29, 1.82) is 0 Å². The second-order valence-corrected chi connectivity index (χ2v) is 5.89. The van der Waals surface area contributed by atoms with E-state index in [0.29, 0.717) is 10.8 Å². The van der Waals surface area contributed by atoms with Gasteiger partial charge in [0.2, 0.25) is 0 Å². The smallest absolute Gasteiger partial charge is 0.156 e. The fourth-order valence-corrected chi connectivity index (χ4v) is 2.93. The summed E-state index contributed by atoms with van der Waals surface area (Å²) in [7, 11) is 0. The molecule has 0 bridgehead atoms. The number of nitrogens with zero attached hydrogens (tertiary/aromatic N) is 3. The molecule has 0 aliphatic heterocycles. The lowest BCUT2D eigenvalue weighted by Crippen LogP contribution is -1.98. The van der Waals surface area contributed by atoms with Crippen LogP contribution in [0.1, 0.15) is 0 Å². The molecule has 0 saturated heterocycles. The van der Waals surface area contributed by atoms with E-state index in [1.807, 2.05) is 72.8 Å². The molecule has 0 N–H and O–H groups in total. The van der Waals surface area contributed by atoms with Crippen molar-refractivity contribution in [1.82, 2.24) is 15.0 Å². The fraction of sp³-hybridized carbons (Fsp3) is 0. The highest BCUT2D eigenvalue weighted by Crippen LogP contribution is 2.34. The van der Waals surface area contributed by atoms with Crippen molar-refractivity contribution in [3.63, 3.8) is 0 Å². The maximum Gasteiger partial charge on any atom is 0.156 e. The quantitative estimate of drug-likeness (QED) is 0.491. The van der Waals surface area contributed by atoms with Crippen LogP contribution in [0.25, 0.3) is 33.8 Å². The van der Waals surface area contributed by atoms with Gasteiger partial charge >= 0.3 is 0 Å². The molecule has 0 aliphatic rings. The van der Waals surface area contributed by atoms with Crippen LogP contribution >= 0.6 is 11.6 Å². The van der Waals surface area contributed by atoms with Gasteiger partial charge in [0.05, 0.1) is 11.4 Å². The first-order valence-corrected chi connectivity index (χ1v) is 8.29. The topological polar surface area (TPSA) is 38.7 Å². The summed E-state index contributed by atoms with van der Waals surface area (Å²) in [5.41, 5.74) is 4.99. The molecule has 4 aromatic rings. The average molecular weight is 344 g/mol. The van der Waals surface area contributed by atoms with Crippen LogP contribution in [-0.2, 0) is 0 Å². The Bertz CT molecular complexity index is 988. The Kier molecular flexibility index (Phi) is 4.23. The Morgan fingerprint density at radius 1 is 0.560 bits per heavy atom. The van der Waals surface area contributed by atoms with Crippen LogP contribution in [0, 0.1) is 0 Å². The highest BCUT2D eigenvalue weighted by Gasteiger charge is 2.16. The Labute approximate surface area is 151 Å². The maximum atomic E-state index is 6.48. The van der Waals surface area contributed by atoms with Crippen LogP contribution in [0.3, 0.4) is 0 Å². The van der Waals surface area contributed by atoms with Crippen molar-refractivity contribution in [2.45, 2.75) is 0 Å². The molecule has 0 unspecified atom stereocenters. The van der Waals surface area contributed by atoms with Gasteiger partial charge in [0.1, 0.15) is 5.69 Å². The van der Waals surface area contributed by atoms with Gasteiger partial charge in [-0.25, -0.2) is 9.97 Å². The van der Waals surface area contributed by atoms with Crippen LogP contribution in [0.4, 0.5) is 0 Å². The monoisotopic (exact) mass is 343 g/mol. The third-order valence-corrected chi connectivity index (χ3v) is 4.15. The molecule has 4 rings (SSSR count). The Morgan fingerprint density at radius 3 is 1.72 bits per heavy atom. The molecule has 3 nitrogen and oxygen atoms in total. The molecular formula is C21H14ClN3. The van der Waals surface area contributed by atoms with Crippen LogP contribution in [0.15, 0.2) is 85.2 Å². The molecule has 0 atom stereocenters. The highest BCUT2D eigenvalue weighted by molar-refractivity contribution is 6.32. The molecule has 0 fully saturated rings. The van der Waals surface area contributed by atoms with Gasteiger partial charge in [0.25, 0.3) is 0 Å². The molecular weight excluding hydrogens is 330 g/mol. The normalized spacial score (nSPS) is 10.6. The molecule has 0 saturated carbocycles. The second kappa shape index (κ2) is 6.83. The first kappa shape index (κ1) is 15.5. The summed E-state index contributed by atoms with van der Waals surface area (Å²) in [6, 6.07) is 23.6. The summed E-state index contributed by atoms with van der Waals surface area (Å²) in [4.78, 5) is 13.7. The van der Waals surface area contributed by atoms with E-state index < -0.39 is 0 Å². The van der Waals surface area contributed by atoms with Crippen molar-refractivity contribution < 1.29 is 0 Å². The van der Waals surface area contributed by atoms with E-state index >= 15 is 0 Å². The Balaban J connectivity index is 1.98. The molecule has 0 aliphatic carbocycles.